The Balaban J connectivity index is 1.27. The number of nitrogens with zero attached hydrogens (tertiary/aromatic N) is 2. The van der Waals surface area contributed by atoms with Crippen LogP contribution in [0.4, 0.5) is 17.1 Å². The van der Waals surface area contributed by atoms with E-state index >= 15 is 0 Å². The number of benzene rings is 3. The highest BCUT2D eigenvalue weighted by Crippen LogP contribution is 2.37. The Morgan fingerprint density at radius 2 is 1.71 bits per heavy atom. The molecule has 3 aromatic carbocycles. The standard InChI is InChI=1S/C31H28N4O2S/c1-20-8-15-29(27(18-20)35-26-16-17-32-31-25(26)14-9-22(3)33-31)38-24-12-10-23(11-13-24)34-30(36)19-37-28-7-5-4-6-21(28)2/h4-18H,19H2,1-3H3,(H,34,36)(H,32,33,35). The number of rotatable bonds is 8. The summed E-state index contributed by atoms with van der Waals surface area (Å²) in [6.07, 6.45) is 1.78. The molecule has 0 unspecified atom stereocenters. The quantitative estimate of drug-likeness (QED) is 0.221. The number of nitrogens with one attached hydrogen (secondary N) is 2. The zero-order valence-electron chi connectivity index (χ0n) is 21.5. The van der Waals surface area contributed by atoms with Crippen LogP contribution in [-0.2, 0) is 4.79 Å². The third-order valence-corrected chi connectivity index (χ3v) is 7.05. The highest BCUT2D eigenvalue weighted by molar-refractivity contribution is 7.99. The van der Waals surface area contributed by atoms with Crippen LogP contribution in [0.3, 0.4) is 0 Å². The Bertz CT molecular complexity index is 1600. The van der Waals surface area contributed by atoms with Gasteiger partial charge in [0.1, 0.15) is 5.75 Å². The smallest absolute Gasteiger partial charge is 0.262 e. The maximum Gasteiger partial charge on any atom is 0.262 e. The molecular formula is C31H28N4O2S. The van der Waals surface area contributed by atoms with Gasteiger partial charge in [-0.05, 0) is 92.6 Å². The molecule has 2 N–H and O–H groups in total. The number of pyridine rings is 2. The molecule has 7 heteroatoms. The molecule has 2 aromatic heterocycles. The topological polar surface area (TPSA) is 76.1 Å². The second kappa shape index (κ2) is 11.4. The number of aromatic nitrogens is 2. The fraction of sp³-hybridized carbons (Fsp3) is 0.129. The van der Waals surface area contributed by atoms with Gasteiger partial charge in [-0.3, -0.25) is 4.79 Å². The van der Waals surface area contributed by atoms with Crippen LogP contribution in [0.15, 0.2) is 101 Å². The summed E-state index contributed by atoms with van der Waals surface area (Å²) < 4.78 is 5.65. The normalized spacial score (nSPS) is 10.8. The molecule has 6 nitrogen and oxygen atoms in total. The van der Waals surface area contributed by atoms with Crippen molar-refractivity contribution >= 4 is 45.8 Å². The molecule has 5 rings (SSSR count). The van der Waals surface area contributed by atoms with Crippen molar-refractivity contribution in [2.24, 2.45) is 0 Å². The second-order valence-electron chi connectivity index (χ2n) is 9.04. The van der Waals surface area contributed by atoms with Gasteiger partial charge in [-0.2, -0.15) is 0 Å². The average molecular weight is 521 g/mol. The van der Waals surface area contributed by atoms with Crippen LogP contribution in [0, 0.1) is 20.8 Å². The zero-order chi connectivity index (χ0) is 26.5. The first-order chi connectivity index (χ1) is 18.4. The summed E-state index contributed by atoms with van der Waals surface area (Å²) >= 11 is 1.66. The molecule has 0 aliphatic carbocycles. The van der Waals surface area contributed by atoms with Gasteiger partial charge in [0.05, 0.1) is 11.4 Å². The Morgan fingerprint density at radius 3 is 2.53 bits per heavy atom. The van der Waals surface area contributed by atoms with Crippen LogP contribution < -0.4 is 15.4 Å². The van der Waals surface area contributed by atoms with Crippen molar-refractivity contribution in [2.45, 2.75) is 30.6 Å². The van der Waals surface area contributed by atoms with E-state index in [9.17, 15) is 4.79 Å². The Hall–Kier alpha value is -4.36. The molecule has 1 amide bonds. The molecule has 0 atom stereocenters. The first kappa shape index (κ1) is 25.3. The van der Waals surface area contributed by atoms with Crippen LogP contribution >= 0.6 is 11.8 Å². The summed E-state index contributed by atoms with van der Waals surface area (Å²) in [6, 6.07) is 27.8. The summed E-state index contributed by atoms with van der Waals surface area (Å²) in [5.41, 5.74) is 6.51. The number of aryl methyl sites for hydroxylation is 3. The van der Waals surface area contributed by atoms with Crippen LogP contribution in [0.5, 0.6) is 5.75 Å². The summed E-state index contributed by atoms with van der Waals surface area (Å²) in [7, 11) is 0. The number of hydrogen-bond acceptors (Lipinski definition) is 6. The Morgan fingerprint density at radius 1 is 0.895 bits per heavy atom. The summed E-state index contributed by atoms with van der Waals surface area (Å²) in [4.78, 5) is 23.5. The molecule has 0 aliphatic rings. The molecule has 0 saturated heterocycles. The van der Waals surface area contributed by atoms with Crippen molar-refractivity contribution in [3.8, 4) is 5.75 Å². The maximum atomic E-state index is 12.4. The fourth-order valence-corrected chi connectivity index (χ4v) is 4.88. The minimum absolute atomic E-state index is 0.0431. The van der Waals surface area contributed by atoms with Gasteiger partial charge in [0, 0.05) is 32.8 Å². The van der Waals surface area contributed by atoms with Crippen molar-refractivity contribution < 1.29 is 9.53 Å². The van der Waals surface area contributed by atoms with Gasteiger partial charge in [0.25, 0.3) is 5.91 Å². The van der Waals surface area contributed by atoms with Crippen molar-refractivity contribution in [1.82, 2.24) is 9.97 Å². The molecule has 0 fully saturated rings. The van der Waals surface area contributed by atoms with Gasteiger partial charge in [-0.25, -0.2) is 9.97 Å². The first-order valence-corrected chi connectivity index (χ1v) is 13.1. The molecular weight excluding hydrogens is 492 g/mol. The van der Waals surface area contributed by atoms with E-state index in [2.05, 4.69) is 51.8 Å². The van der Waals surface area contributed by atoms with E-state index in [4.69, 9.17) is 4.74 Å². The first-order valence-electron chi connectivity index (χ1n) is 12.3. The van der Waals surface area contributed by atoms with E-state index in [1.807, 2.05) is 74.5 Å². The van der Waals surface area contributed by atoms with E-state index in [1.165, 1.54) is 0 Å². The van der Waals surface area contributed by atoms with Crippen molar-refractivity contribution in [3.05, 3.63) is 108 Å². The second-order valence-corrected chi connectivity index (χ2v) is 10.2. The number of fused-ring (bicyclic) bond motifs is 1. The number of anilines is 3. The highest BCUT2D eigenvalue weighted by atomic mass is 32.2. The van der Waals surface area contributed by atoms with Gasteiger partial charge in [0.2, 0.25) is 0 Å². The molecule has 0 radical (unpaired) electrons. The van der Waals surface area contributed by atoms with Crippen molar-refractivity contribution in [1.29, 1.82) is 0 Å². The molecule has 0 bridgehead atoms. The van der Waals surface area contributed by atoms with E-state index in [1.54, 1.807) is 18.0 Å². The van der Waals surface area contributed by atoms with Crippen molar-refractivity contribution in [3.63, 3.8) is 0 Å². The SMILES string of the molecule is Cc1ccc(Sc2ccc(NC(=O)COc3ccccc3C)cc2)c(Nc2ccnc3nc(C)ccc23)c1. The fourth-order valence-electron chi connectivity index (χ4n) is 4.00. The summed E-state index contributed by atoms with van der Waals surface area (Å²) in [5, 5.41) is 7.47. The lowest BCUT2D eigenvalue weighted by molar-refractivity contribution is -0.118. The van der Waals surface area contributed by atoms with E-state index in [0.29, 0.717) is 5.75 Å². The molecule has 5 aromatic rings. The maximum absolute atomic E-state index is 12.4. The lowest BCUT2D eigenvalue weighted by Crippen LogP contribution is -2.20. The van der Waals surface area contributed by atoms with E-state index < -0.39 is 0 Å². The summed E-state index contributed by atoms with van der Waals surface area (Å²) in [5.74, 6) is 0.510. The van der Waals surface area contributed by atoms with Crippen molar-refractivity contribution in [2.75, 3.05) is 17.2 Å². The third-order valence-electron chi connectivity index (χ3n) is 5.97. The van der Waals surface area contributed by atoms with E-state index in [-0.39, 0.29) is 12.5 Å². The monoisotopic (exact) mass is 520 g/mol. The van der Waals surface area contributed by atoms with Crippen LogP contribution in [0.25, 0.3) is 11.0 Å². The largest absolute Gasteiger partial charge is 0.483 e. The molecule has 38 heavy (non-hydrogen) atoms. The van der Waals surface area contributed by atoms with Gasteiger partial charge in [-0.1, -0.05) is 36.0 Å². The molecule has 2 heterocycles. The molecule has 190 valence electrons. The minimum atomic E-state index is -0.201. The zero-order valence-corrected chi connectivity index (χ0v) is 22.3. The number of carbonyl (C=O) groups is 1. The van der Waals surface area contributed by atoms with Gasteiger partial charge in [-0.15, -0.1) is 0 Å². The van der Waals surface area contributed by atoms with E-state index in [0.717, 1.165) is 54.7 Å². The molecule has 0 spiro atoms. The number of amides is 1. The number of ether oxygens (including phenoxy) is 1. The summed E-state index contributed by atoms with van der Waals surface area (Å²) in [6.45, 7) is 5.95. The highest BCUT2D eigenvalue weighted by Gasteiger charge is 2.10. The predicted molar refractivity (Wildman–Crippen MR) is 155 cm³/mol. The van der Waals surface area contributed by atoms with Crippen LogP contribution in [-0.4, -0.2) is 22.5 Å². The Kier molecular flexibility index (Phi) is 7.56. The lowest BCUT2D eigenvalue weighted by atomic mass is 10.2. The molecule has 0 saturated carbocycles. The Labute approximate surface area is 226 Å². The average Bonchev–Trinajstić information content (AvgIpc) is 2.91. The minimum Gasteiger partial charge on any atom is -0.483 e. The third kappa shape index (κ3) is 6.12. The number of carbonyl (C=O) groups excluding carboxylic acids is 1. The van der Waals surface area contributed by atoms with Gasteiger partial charge >= 0.3 is 0 Å². The van der Waals surface area contributed by atoms with Crippen LogP contribution in [0.2, 0.25) is 0 Å². The molecule has 0 aliphatic heterocycles. The van der Waals surface area contributed by atoms with Gasteiger partial charge in [0.15, 0.2) is 12.3 Å². The lowest BCUT2D eigenvalue weighted by Gasteiger charge is -2.15. The predicted octanol–water partition coefficient (Wildman–Crippen LogP) is 7.47. The number of hydrogen-bond donors (Lipinski definition) is 2. The van der Waals surface area contributed by atoms with Gasteiger partial charge < -0.3 is 15.4 Å². The van der Waals surface area contributed by atoms with Crippen LogP contribution in [0.1, 0.15) is 16.8 Å². The number of para-hydroxylation sites is 1.